The maximum Gasteiger partial charge on any atom is 0.251 e. The van der Waals surface area contributed by atoms with Gasteiger partial charge in [-0.1, -0.05) is 31.7 Å². The van der Waals surface area contributed by atoms with E-state index in [1.807, 2.05) is 0 Å². The standard InChI is InChI=1S/C15H21NO2/c17-14-9-3-8-13(11-14)15(18)16-10-4-7-12-5-1-2-6-12/h3,8-9,11-12,17H,1-2,4-7,10H2,(H,16,18). The number of phenols is 1. The van der Waals surface area contributed by atoms with Crippen molar-refractivity contribution in [2.45, 2.75) is 38.5 Å². The molecule has 2 rings (SSSR count). The van der Waals surface area contributed by atoms with E-state index in [-0.39, 0.29) is 11.7 Å². The van der Waals surface area contributed by atoms with Gasteiger partial charge in [0.05, 0.1) is 0 Å². The Balaban J connectivity index is 1.68. The minimum Gasteiger partial charge on any atom is -0.508 e. The quantitative estimate of drug-likeness (QED) is 0.785. The molecule has 0 aromatic heterocycles. The molecule has 0 atom stereocenters. The van der Waals surface area contributed by atoms with Gasteiger partial charge in [-0.3, -0.25) is 4.79 Å². The van der Waals surface area contributed by atoms with Crippen LogP contribution >= 0.6 is 0 Å². The zero-order valence-corrected chi connectivity index (χ0v) is 10.7. The van der Waals surface area contributed by atoms with Crippen LogP contribution in [0.4, 0.5) is 0 Å². The fourth-order valence-electron chi connectivity index (χ4n) is 2.64. The van der Waals surface area contributed by atoms with Crippen molar-refractivity contribution in [2.24, 2.45) is 5.92 Å². The van der Waals surface area contributed by atoms with Crippen molar-refractivity contribution in [3.63, 3.8) is 0 Å². The molecule has 1 aromatic rings. The first-order valence-corrected chi connectivity index (χ1v) is 6.83. The van der Waals surface area contributed by atoms with Gasteiger partial charge in [-0.05, 0) is 37.0 Å². The monoisotopic (exact) mass is 247 g/mol. The third-order valence-electron chi connectivity index (χ3n) is 3.66. The molecule has 1 saturated carbocycles. The highest BCUT2D eigenvalue weighted by Crippen LogP contribution is 2.28. The average molecular weight is 247 g/mol. The van der Waals surface area contributed by atoms with Gasteiger partial charge in [-0.2, -0.15) is 0 Å². The molecule has 2 N–H and O–H groups in total. The Labute approximate surface area is 108 Å². The van der Waals surface area contributed by atoms with E-state index in [0.29, 0.717) is 5.56 Å². The number of carbonyl (C=O) groups excluding carboxylic acids is 1. The molecule has 98 valence electrons. The highest BCUT2D eigenvalue weighted by atomic mass is 16.3. The van der Waals surface area contributed by atoms with Crippen molar-refractivity contribution in [1.82, 2.24) is 5.32 Å². The maximum atomic E-state index is 11.8. The summed E-state index contributed by atoms with van der Waals surface area (Å²) >= 11 is 0. The predicted octanol–water partition coefficient (Wildman–Crippen LogP) is 3.09. The lowest BCUT2D eigenvalue weighted by Gasteiger charge is -2.09. The summed E-state index contributed by atoms with van der Waals surface area (Å²) in [5.74, 6) is 0.911. The number of rotatable bonds is 5. The van der Waals surface area contributed by atoms with Crippen LogP contribution in [0.5, 0.6) is 5.75 Å². The number of hydrogen-bond donors (Lipinski definition) is 2. The first-order valence-electron chi connectivity index (χ1n) is 6.83. The number of phenolic OH excluding ortho intramolecular Hbond substituents is 1. The van der Waals surface area contributed by atoms with E-state index in [1.165, 1.54) is 38.2 Å². The molecule has 0 radical (unpaired) electrons. The van der Waals surface area contributed by atoms with Gasteiger partial charge < -0.3 is 10.4 Å². The topological polar surface area (TPSA) is 49.3 Å². The molecule has 18 heavy (non-hydrogen) atoms. The Morgan fingerprint density at radius 2 is 2.11 bits per heavy atom. The normalized spacial score (nSPS) is 15.8. The van der Waals surface area contributed by atoms with Crippen LogP contribution in [0, 0.1) is 5.92 Å². The number of amides is 1. The second-order valence-electron chi connectivity index (χ2n) is 5.10. The maximum absolute atomic E-state index is 11.8. The molecule has 0 spiro atoms. The SMILES string of the molecule is O=C(NCCCC1CCCC1)c1cccc(O)c1. The summed E-state index contributed by atoms with van der Waals surface area (Å²) in [6.45, 7) is 0.727. The summed E-state index contributed by atoms with van der Waals surface area (Å²) in [4.78, 5) is 11.8. The fraction of sp³-hybridized carbons (Fsp3) is 0.533. The minimum atomic E-state index is -0.0997. The molecule has 1 amide bonds. The molecule has 3 nitrogen and oxygen atoms in total. The lowest BCUT2D eigenvalue weighted by atomic mass is 10.0. The van der Waals surface area contributed by atoms with E-state index in [1.54, 1.807) is 18.2 Å². The summed E-state index contributed by atoms with van der Waals surface area (Å²) in [6, 6.07) is 6.46. The molecular formula is C15H21NO2. The Bertz CT molecular complexity index is 397. The van der Waals surface area contributed by atoms with Crippen molar-refractivity contribution in [1.29, 1.82) is 0 Å². The Kier molecular flexibility index (Phi) is 4.62. The van der Waals surface area contributed by atoms with E-state index in [9.17, 15) is 9.90 Å². The van der Waals surface area contributed by atoms with Gasteiger partial charge in [0, 0.05) is 12.1 Å². The van der Waals surface area contributed by atoms with Crippen molar-refractivity contribution >= 4 is 5.91 Å². The molecule has 1 aliphatic rings. The number of benzene rings is 1. The van der Waals surface area contributed by atoms with E-state index < -0.39 is 0 Å². The number of nitrogens with one attached hydrogen (secondary N) is 1. The first-order chi connectivity index (χ1) is 8.75. The van der Waals surface area contributed by atoms with E-state index >= 15 is 0 Å². The van der Waals surface area contributed by atoms with Gasteiger partial charge in [0.25, 0.3) is 5.91 Å². The third-order valence-corrected chi connectivity index (χ3v) is 3.66. The van der Waals surface area contributed by atoms with Gasteiger partial charge in [-0.15, -0.1) is 0 Å². The second kappa shape index (κ2) is 6.43. The molecule has 1 fully saturated rings. The summed E-state index contributed by atoms with van der Waals surface area (Å²) in [7, 11) is 0. The summed E-state index contributed by atoms with van der Waals surface area (Å²) in [5.41, 5.74) is 0.524. The Morgan fingerprint density at radius 1 is 1.33 bits per heavy atom. The third kappa shape index (κ3) is 3.76. The zero-order valence-electron chi connectivity index (χ0n) is 10.7. The van der Waals surface area contributed by atoms with Crippen LogP contribution in [-0.2, 0) is 0 Å². The van der Waals surface area contributed by atoms with Crippen LogP contribution in [-0.4, -0.2) is 17.6 Å². The van der Waals surface area contributed by atoms with Crippen LogP contribution in [0.15, 0.2) is 24.3 Å². The van der Waals surface area contributed by atoms with Gasteiger partial charge in [0.1, 0.15) is 5.75 Å². The zero-order chi connectivity index (χ0) is 12.8. The second-order valence-corrected chi connectivity index (χ2v) is 5.10. The van der Waals surface area contributed by atoms with Crippen molar-refractivity contribution in [3.05, 3.63) is 29.8 Å². The molecular weight excluding hydrogens is 226 g/mol. The Morgan fingerprint density at radius 3 is 2.83 bits per heavy atom. The molecule has 3 heteroatoms. The van der Waals surface area contributed by atoms with Gasteiger partial charge in [-0.25, -0.2) is 0 Å². The molecule has 0 bridgehead atoms. The lowest BCUT2D eigenvalue weighted by molar-refractivity contribution is 0.0952. The molecule has 0 aliphatic heterocycles. The molecule has 1 aromatic carbocycles. The highest BCUT2D eigenvalue weighted by Gasteiger charge is 2.14. The van der Waals surface area contributed by atoms with E-state index in [0.717, 1.165) is 18.9 Å². The largest absolute Gasteiger partial charge is 0.508 e. The van der Waals surface area contributed by atoms with Crippen LogP contribution in [0.2, 0.25) is 0 Å². The van der Waals surface area contributed by atoms with E-state index in [4.69, 9.17) is 0 Å². The number of aromatic hydroxyl groups is 1. The highest BCUT2D eigenvalue weighted by molar-refractivity contribution is 5.94. The van der Waals surface area contributed by atoms with Crippen LogP contribution in [0.25, 0.3) is 0 Å². The van der Waals surface area contributed by atoms with Crippen molar-refractivity contribution < 1.29 is 9.90 Å². The lowest BCUT2D eigenvalue weighted by Crippen LogP contribution is -2.24. The van der Waals surface area contributed by atoms with Crippen LogP contribution in [0.3, 0.4) is 0 Å². The summed E-state index contributed by atoms with van der Waals surface area (Å²) < 4.78 is 0. The molecule has 0 heterocycles. The van der Waals surface area contributed by atoms with Crippen LogP contribution in [0.1, 0.15) is 48.9 Å². The smallest absolute Gasteiger partial charge is 0.251 e. The van der Waals surface area contributed by atoms with E-state index in [2.05, 4.69) is 5.32 Å². The number of hydrogen-bond acceptors (Lipinski definition) is 2. The molecule has 1 aliphatic carbocycles. The summed E-state index contributed by atoms with van der Waals surface area (Å²) in [5, 5.41) is 12.2. The van der Waals surface area contributed by atoms with Gasteiger partial charge in [0.2, 0.25) is 0 Å². The fourth-order valence-corrected chi connectivity index (χ4v) is 2.64. The minimum absolute atomic E-state index is 0.0997. The van der Waals surface area contributed by atoms with Gasteiger partial charge in [0.15, 0.2) is 0 Å². The van der Waals surface area contributed by atoms with Crippen LogP contribution < -0.4 is 5.32 Å². The van der Waals surface area contributed by atoms with Crippen molar-refractivity contribution in [2.75, 3.05) is 6.54 Å². The summed E-state index contributed by atoms with van der Waals surface area (Å²) in [6.07, 6.45) is 7.75. The molecule has 0 saturated heterocycles. The first kappa shape index (κ1) is 12.9. The number of carbonyl (C=O) groups is 1. The average Bonchev–Trinajstić information content (AvgIpc) is 2.87. The predicted molar refractivity (Wildman–Crippen MR) is 71.6 cm³/mol. The van der Waals surface area contributed by atoms with Gasteiger partial charge >= 0.3 is 0 Å². The Hall–Kier alpha value is -1.51. The van der Waals surface area contributed by atoms with Crippen molar-refractivity contribution in [3.8, 4) is 5.75 Å². The molecule has 0 unspecified atom stereocenters.